The molecule has 0 aliphatic carbocycles. The van der Waals surface area contributed by atoms with E-state index in [1.54, 1.807) is 59.4 Å². The van der Waals surface area contributed by atoms with Gasteiger partial charge in [-0.25, -0.2) is 4.98 Å². The quantitative estimate of drug-likeness (QED) is 0.540. The Morgan fingerprint density at radius 2 is 2.14 bits per heavy atom. The smallest absolute Gasteiger partial charge is 0.260 e. The number of rotatable bonds is 6. The summed E-state index contributed by atoms with van der Waals surface area (Å²) in [5.41, 5.74) is 1.53. The van der Waals surface area contributed by atoms with Gasteiger partial charge in [-0.05, 0) is 61.6 Å². The molecule has 3 aromatic rings. The van der Waals surface area contributed by atoms with E-state index >= 15 is 0 Å². The summed E-state index contributed by atoms with van der Waals surface area (Å²) in [6, 6.07) is 13.4. The van der Waals surface area contributed by atoms with Crippen molar-refractivity contribution in [3.8, 4) is 5.75 Å². The number of anilines is 1. The molecule has 1 aliphatic rings. The third kappa shape index (κ3) is 4.01. The van der Waals surface area contributed by atoms with Crippen LogP contribution in [0, 0.1) is 0 Å². The van der Waals surface area contributed by atoms with Crippen LogP contribution in [0.2, 0.25) is 0 Å². The van der Waals surface area contributed by atoms with Crippen molar-refractivity contribution < 1.29 is 14.3 Å². The number of hydrogen-bond donors (Lipinski definition) is 0. The highest BCUT2D eigenvalue weighted by atomic mass is 32.2. The second-order valence-corrected chi connectivity index (χ2v) is 8.50. The van der Waals surface area contributed by atoms with E-state index in [0.29, 0.717) is 17.2 Å². The van der Waals surface area contributed by atoms with Crippen LogP contribution in [0.1, 0.15) is 23.2 Å². The summed E-state index contributed by atoms with van der Waals surface area (Å²) in [7, 11) is 1.62. The summed E-state index contributed by atoms with van der Waals surface area (Å²) in [6.45, 7) is 1.27. The van der Waals surface area contributed by atoms with Gasteiger partial charge < -0.3 is 9.47 Å². The molecule has 0 spiro atoms. The van der Waals surface area contributed by atoms with E-state index in [-0.39, 0.29) is 12.0 Å². The maximum atomic E-state index is 13.3. The molecule has 1 atom stereocenters. The zero-order valence-electron chi connectivity index (χ0n) is 15.9. The minimum Gasteiger partial charge on any atom is -0.497 e. The van der Waals surface area contributed by atoms with Crippen LogP contribution in [0.5, 0.6) is 5.75 Å². The molecule has 5 nitrogen and oxygen atoms in total. The van der Waals surface area contributed by atoms with Gasteiger partial charge in [0, 0.05) is 17.1 Å². The molecule has 146 valence electrons. The van der Waals surface area contributed by atoms with E-state index in [9.17, 15) is 4.79 Å². The molecule has 1 amide bonds. The van der Waals surface area contributed by atoms with E-state index in [0.717, 1.165) is 35.4 Å². The predicted molar refractivity (Wildman–Crippen MR) is 115 cm³/mol. The lowest BCUT2D eigenvalue weighted by molar-refractivity contribution is 0.0917. The highest BCUT2D eigenvalue weighted by molar-refractivity contribution is 7.98. The number of nitrogens with zero attached hydrogens (tertiary/aromatic N) is 2. The van der Waals surface area contributed by atoms with Gasteiger partial charge in [-0.15, -0.1) is 11.8 Å². The molecule has 0 unspecified atom stereocenters. The molecule has 0 saturated carbocycles. The van der Waals surface area contributed by atoms with Gasteiger partial charge >= 0.3 is 0 Å². The highest BCUT2D eigenvalue weighted by Gasteiger charge is 2.27. The largest absolute Gasteiger partial charge is 0.497 e. The molecular weight excluding hydrogens is 392 g/mol. The molecule has 7 heteroatoms. The van der Waals surface area contributed by atoms with Gasteiger partial charge in [-0.1, -0.05) is 11.3 Å². The molecule has 1 aliphatic heterocycles. The zero-order chi connectivity index (χ0) is 19.5. The number of benzene rings is 2. The van der Waals surface area contributed by atoms with Crippen molar-refractivity contribution >= 4 is 44.4 Å². The number of aromatic nitrogens is 1. The van der Waals surface area contributed by atoms with E-state index in [1.807, 2.05) is 6.07 Å². The molecule has 2 aromatic carbocycles. The maximum Gasteiger partial charge on any atom is 0.260 e. The predicted octanol–water partition coefficient (Wildman–Crippen LogP) is 4.85. The first-order chi connectivity index (χ1) is 13.7. The molecule has 4 rings (SSSR count). The average Bonchev–Trinajstić information content (AvgIpc) is 3.40. The first kappa shape index (κ1) is 19.2. The number of carbonyl (C=O) groups excluding carboxylic acids is 1. The Hall–Kier alpha value is -2.09. The average molecular weight is 415 g/mol. The maximum absolute atomic E-state index is 13.3. The van der Waals surface area contributed by atoms with Crippen molar-refractivity contribution in [1.82, 2.24) is 4.98 Å². The summed E-state index contributed by atoms with van der Waals surface area (Å²) in [5, 5.41) is 0.713. The van der Waals surface area contributed by atoms with Crippen LogP contribution in [-0.4, -0.2) is 43.5 Å². The lowest BCUT2D eigenvalue weighted by Crippen LogP contribution is -2.37. The van der Waals surface area contributed by atoms with Crippen LogP contribution in [0.15, 0.2) is 47.4 Å². The van der Waals surface area contributed by atoms with Crippen LogP contribution in [-0.2, 0) is 4.74 Å². The number of fused-ring (bicyclic) bond motifs is 1. The number of carbonyl (C=O) groups is 1. The molecule has 1 fully saturated rings. The summed E-state index contributed by atoms with van der Waals surface area (Å²) in [6.07, 6.45) is 4.11. The van der Waals surface area contributed by atoms with Gasteiger partial charge in [-0.2, -0.15) is 0 Å². The monoisotopic (exact) mass is 414 g/mol. The van der Waals surface area contributed by atoms with Gasteiger partial charge in [-0.3, -0.25) is 9.69 Å². The van der Waals surface area contributed by atoms with Crippen molar-refractivity contribution in [2.24, 2.45) is 0 Å². The Bertz CT molecular complexity index is 965. The highest BCUT2D eigenvalue weighted by Crippen LogP contribution is 2.33. The van der Waals surface area contributed by atoms with Gasteiger partial charge in [0.1, 0.15) is 5.75 Å². The minimum atomic E-state index is -0.0673. The molecular formula is C21H22N2O3S2. The number of ether oxygens (including phenoxy) is 2. The molecule has 2 heterocycles. The Kier molecular flexibility index (Phi) is 5.85. The Morgan fingerprint density at radius 3 is 2.82 bits per heavy atom. The summed E-state index contributed by atoms with van der Waals surface area (Å²) in [4.78, 5) is 21.0. The Morgan fingerprint density at radius 1 is 1.32 bits per heavy atom. The lowest BCUT2D eigenvalue weighted by Gasteiger charge is -2.23. The molecule has 1 aromatic heterocycles. The van der Waals surface area contributed by atoms with Crippen molar-refractivity contribution in [2.75, 3.05) is 31.4 Å². The number of amides is 1. The van der Waals surface area contributed by atoms with Crippen molar-refractivity contribution in [2.45, 2.75) is 23.8 Å². The standard InChI is InChI=1S/C21H22N2O3S2/c1-25-15-7-5-14(6-8-15)20(24)23(13-16-4-3-11-26-16)21-22-18-10-9-17(27-2)12-19(18)28-21/h5-10,12,16H,3-4,11,13H2,1-2H3/t16-/m1/s1. The second-order valence-electron chi connectivity index (χ2n) is 6.61. The summed E-state index contributed by atoms with van der Waals surface area (Å²) >= 11 is 3.25. The van der Waals surface area contributed by atoms with Gasteiger partial charge in [0.05, 0.1) is 30.0 Å². The van der Waals surface area contributed by atoms with Crippen LogP contribution < -0.4 is 9.64 Å². The summed E-state index contributed by atoms with van der Waals surface area (Å²) in [5.74, 6) is 0.661. The molecule has 0 bridgehead atoms. The number of methoxy groups -OCH3 is 1. The summed E-state index contributed by atoms with van der Waals surface area (Å²) < 4.78 is 12.1. The van der Waals surface area contributed by atoms with Gasteiger partial charge in [0.2, 0.25) is 0 Å². The van der Waals surface area contributed by atoms with Crippen LogP contribution in [0.25, 0.3) is 10.2 Å². The van der Waals surface area contributed by atoms with E-state index in [1.165, 1.54) is 4.90 Å². The van der Waals surface area contributed by atoms with Crippen LogP contribution in [0.3, 0.4) is 0 Å². The van der Waals surface area contributed by atoms with Crippen molar-refractivity contribution in [3.63, 3.8) is 0 Å². The SMILES string of the molecule is COc1ccc(C(=O)N(C[C@H]2CCCO2)c2nc3ccc(SC)cc3s2)cc1. The minimum absolute atomic E-state index is 0.0518. The normalized spacial score (nSPS) is 16.4. The Balaban J connectivity index is 1.68. The number of thiazole rings is 1. The Labute approximate surface area is 172 Å². The molecule has 28 heavy (non-hydrogen) atoms. The number of hydrogen-bond acceptors (Lipinski definition) is 6. The van der Waals surface area contributed by atoms with Gasteiger partial charge in [0.15, 0.2) is 5.13 Å². The first-order valence-corrected chi connectivity index (χ1v) is 11.2. The molecule has 0 N–H and O–H groups in total. The third-order valence-electron chi connectivity index (χ3n) is 4.81. The first-order valence-electron chi connectivity index (χ1n) is 9.20. The fourth-order valence-corrected chi connectivity index (χ4v) is 4.79. The van der Waals surface area contributed by atoms with Crippen LogP contribution in [0.4, 0.5) is 5.13 Å². The van der Waals surface area contributed by atoms with Crippen LogP contribution >= 0.6 is 23.1 Å². The fourth-order valence-electron chi connectivity index (χ4n) is 3.26. The fraction of sp³-hybridized carbons (Fsp3) is 0.333. The third-order valence-corrected chi connectivity index (χ3v) is 6.57. The van der Waals surface area contributed by atoms with E-state index in [2.05, 4.69) is 18.4 Å². The topological polar surface area (TPSA) is 51.7 Å². The van der Waals surface area contributed by atoms with Gasteiger partial charge in [0.25, 0.3) is 5.91 Å². The van der Waals surface area contributed by atoms with Crippen molar-refractivity contribution in [3.05, 3.63) is 48.0 Å². The van der Waals surface area contributed by atoms with E-state index in [4.69, 9.17) is 14.5 Å². The second kappa shape index (κ2) is 8.51. The zero-order valence-corrected chi connectivity index (χ0v) is 17.5. The number of thioether (sulfide) groups is 1. The molecule has 0 radical (unpaired) electrons. The molecule has 1 saturated heterocycles. The van der Waals surface area contributed by atoms with E-state index < -0.39 is 0 Å². The lowest BCUT2D eigenvalue weighted by atomic mass is 10.1. The van der Waals surface area contributed by atoms with Crippen molar-refractivity contribution in [1.29, 1.82) is 0 Å².